The Bertz CT molecular complexity index is 184. The van der Waals surface area contributed by atoms with Gasteiger partial charge in [-0.2, -0.15) is 0 Å². The van der Waals surface area contributed by atoms with Crippen LogP contribution in [0.1, 0.15) is 32.1 Å². The molecule has 4 nitrogen and oxygen atoms in total. The van der Waals surface area contributed by atoms with Gasteiger partial charge in [-0.25, -0.2) is 0 Å². The standard InChI is InChI=1S/C10H19NO3/c1-13-10(12)3-2-6-14-9-5-4-8(11)7-9/h8-9H,2-7,11H2,1H3. The van der Waals surface area contributed by atoms with Gasteiger partial charge in [0.25, 0.3) is 0 Å². The monoisotopic (exact) mass is 201 g/mol. The molecule has 1 saturated carbocycles. The van der Waals surface area contributed by atoms with Crippen molar-refractivity contribution in [3.63, 3.8) is 0 Å². The molecule has 0 aromatic carbocycles. The average Bonchev–Trinajstić information content (AvgIpc) is 2.58. The van der Waals surface area contributed by atoms with Gasteiger partial charge in [0.2, 0.25) is 0 Å². The molecule has 0 heterocycles. The summed E-state index contributed by atoms with van der Waals surface area (Å²) >= 11 is 0. The van der Waals surface area contributed by atoms with Crippen LogP contribution < -0.4 is 5.73 Å². The molecule has 2 atom stereocenters. The first-order valence-corrected chi connectivity index (χ1v) is 5.16. The van der Waals surface area contributed by atoms with Crippen molar-refractivity contribution < 1.29 is 14.3 Å². The van der Waals surface area contributed by atoms with Gasteiger partial charge in [0, 0.05) is 19.1 Å². The number of rotatable bonds is 5. The molecule has 0 saturated heterocycles. The van der Waals surface area contributed by atoms with Crippen molar-refractivity contribution >= 4 is 5.97 Å². The minimum Gasteiger partial charge on any atom is -0.469 e. The third-order valence-electron chi connectivity index (χ3n) is 2.53. The highest BCUT2D eigenvalue weighted by Gasteiger charge is 2.21. The maximum atomic E-state index is 10.8. The van der Waals surface area contributed by atoms with Gasteiger partial charge >= 0.3 is 5.97 Å². The van der Waals surface area contributed by atoms with Crippen molar-refractivity contribution in [2.24, 2.45) is 5.73 Å². The third kappa shape index (κ3) is 4.07. The number of ether oxygens (including phenoxy) is 2. The van der Waals surface area contributed by atoms with E-state index in [9.17, 15) is 4.79 Å². The smallest absolute Gasteiger partial charge is 0.305 e. The minimum absolute atomic E-state index is 0.170. The highest BCUT2D eigenvalue weighted by molar-refractivity contribution is 5.68. The molecule has 0 aliphatic heterocycles. The molecule has 0 amide bonds. The van der Waals surface area contributed by atoms with E-state index < -0.39 is 0 Å². The fraction of sp³-hybridized carbons (Fsp3) is 0.900. The molecular weight excluding hydrogens is 182 g/mol. The van der Waals surface area contributed by atoms with Crippen LogP contribution in [0.2, 0.25) is 0 Å². The van der Waals surface area contributed by atoms with Gasteiger partial charge in [0.15, 0.2) is 0 Å². The Labute approximate surface area is 84.7 Å². The topological polar surface area (TPSA) is 61.5 Å². The maximum absolute atomic E-state index is 10.8. The molecule has 2 unspecified atom stereocenters. The average molecular weight is 201 g/mol. The van der Waals surface area contributed by atoms with Crippen LogP contribution in [0.3, 0.4) is 0 Å². The highest BCUT2D eigenvalue weighted by Crippen LogP contribution is 2.20. The Kier molecular flexibility index (Phi) is 4.90. The molecule has 2 N–H and O–H groups in total. The van der Waals surface area contributed by atoms with Crippen molar-refractivity contribution in [3.8, 4) is 0 Å². The van der Waals surface area contributed by atoms with Crippen LogP contribution in [-0.2, 0) is 14.3 Å². The Hall–Kier alpha value is -0.610. The SMILES string of the molecule is COC(=O)CCCOC1CCC(N)C1. The molecular formula is C10H19NO3. The Morgan fingerprint density at radius 1 is 1.50 bits per heavy atom. The van der Waals surface area contributed by atoms with Gasteiger partial charge in [0.1, 0.15) is 0 Å². The van der Waals surface area contributed by atoms with Crippen molar-refractivity contribution in [1.29, 1.82) is 0 Å². The molecule has 0 bridgehead atoms. The second kappa shape index (κ2) is 5.98. The number of carbonyl (C=O) groups is 1. The van der Waals surface area contributed by atoms with E-state index in [4.69, 9.17) is 10.5 Å². The molecule has 0 spiro atoms. The normalized spacial score (nSPS) is 26.4. The summed E-state index contributed by atoms with van der Waals surface area (Å²) in [7, 11) is 1.40. The summed E-state index contributed by atoms with van der Waals surface area (Å²) in [5, 5.41) is 0. The largest absolute Gasteiger partial charge is 0.469 e. The van der Waals surface area contributed by atoms with E-state index in [2.05, 4.69) is 4.74 Å². The Morgan fingerprint density at radius 2 is 2.29 bits per heavy atom. The van der Waals surface area contributed by atoms with Crippen LogP contribution in [0.4, 0.5) is 0 Å². The Balaban J connectivity index is 1.96. The van der Waals surface area contributed by atoms with E-state index in [1.54, 1.807) is 0 Å². The van der Waals surface area contributed by atoms with Crippen molar-refractivity contribution in [2.75, 3.05) is 13.7 Å². The van der Waals surface area contributed by atoms with Crippen LogP contribution >= 0.6 is 0 Å². The van der Waals surface area contributed by atoms with E-state index in [1.165, 1.54) is 7.11 Å². The van der Waals surface area contributed by atoms with Crippen LogP contribution in [-0.4, -0.2) is 31.8 Å². The number of carbonyl (C=O) groups excluding carboxylic acids is 1. The fourth-order valence-corrected chi connectivity index (χ4v) is 1.69. The summed E-state index contributed by atoms with van der Waals surface area (Å²) in [6.07, 6.45) is 4.55. The molecule has 0 radical (unpaired) electrons. The Morgan fingerprint density at radius 3 is 2.86 bits per heavy atom. The number of methoxy groups -OCH3 is 1. The van der Waals surface area contributed by atoms with Gasteiger partial charge < -0.3 is 15.2 Å². The molecule has 0 aromatic heterocycles. The fourth-order valence-electron chi connectivity index (χ4n) is 1.69. The summed E-state index contributed by atoms with van der Waals surface area (Å²) in [5.74, 6) is -0.170. The first kappa shape index (κ1) is 11.5. The third-order valence-corrected chi connectivity index (χ3v) is 2.53. The first-order valence-electron chi connectivity index (χ1n) is 5.16. The first-order chi connectivity index (χ1) is 6.72. The number of hydrogen-bond donors (Lipinski definition) is 1. The molecule has 82 valence electrons. The minimum atomic E-state index is -0.170. The predicted molar refractivity (Wildman–Crippen MR) is 52.8 cm³/mol. The molecule has 1 aliphatic carbocycles. The summed E-state index contributed by atoms with van der Waals surface area (Å²) in [6, 6.07) is 0.306. The van der Waals surface area contributed by atoms with E-state index >= 15 is 0 Å². The predicted octanol–water partition coefficient (Wildman–Crippen LogP) is 0.836. The van der Waals surface area contributed by atoms with E-state index in [0.717, 1.165) is 25.7 Å². The molecule has 14 heavy (non-hydrogen) atoms. The molecule has 1 fully saturated rings. The maximum Gasteiger partial charge on any atom is 0.305 e. The van der Waals surface area contributed by atoms with Crippen molar-refractivity contribution in [1.82, 2.24) is 0 Å². The second-order valence-corrected chi connectivity index (χ2v) is 3.75. The number of nitrogens with two attached hydrogens (primary N) is 1. The van der Waals surface area contributed by atoms with Crippen LogP contribution in [0, 0.1) is 0 Å². The number of esters is 1. The zero-order valence-corrected chi connectivity index (χ0v) is 8.70. The van der Waals surface area contributed by atoms with Gasteiger partial charge in [0.05, 0.1) is 13.2 Å². The van der Waals surface area contributed by atoms with E-state index in [0.29, 0.717) is 25.2 Å². The van der Waals surface area contributed by atoms with E-state index in [-0.39, 0.29) is 5.97 Å². The summed E-state index contributed by atoms with van der Waals surface area (Å²) in [6.45, 7) is 0.631. The lowest BCUT2D eigenvalue weighted by molar-refractivity contribution is -0.141. The lowest BCUT2D eigenvalue weighted by Gasteiger charge is -2.10. The van der Waals surface area contributed by atoms with Gasteiger partial charge in [-0.15, -0.1) is 0 Å². The van der Waals surface area contributed by atoms with Crippen molar-refractivity contribution in [2.45, 2.75) is 44.2 Å². The van der Waals surface area contributed by atoms with Gasteiger partial charge in [-0.3, -0.25) is 4.79 Å². The molecule has 4 heteroatoms. The number of hydrogen-bond acceptors (Lipinski definition) is 4. The second-order valence-electron chi connectivity index (χ2n) is 3.75. The van der Waals surface area contributed by atoms with Crippen LogP contribution in [0.15, 0.2) is 0 Å². The zero-order valence-electron chi connectivity index (χ0n) is 8.70. The molecule has 0 aromatic rings. The molecule has 1 aliphatic rings. The van der Waals surface area contributed by atoms with Crippen LogP contribution in [0.25, 0.3) is 0 Å². The quantitative estimate of drug-likeness (QED) is 0.529. The van der Waals surface area contributed by atoms with Crippen LogP contribution in [0.5, 0.6) is 0 Å². The van der Waals surface area contributed by atoms with Gasteiger partial charge in [-0.05, 0) is 25.7 Å². The van der Waals surface area contributed by atoms with Crippen molar-refractivity contribution in [3.05, 3.63) is 0 Å². The lowest BCUT2D eigenvalue weighted by atomic mass is 10.3. The molecule has 1 rings (SSSR count). The van der Waals surface area contributed by atoms with E-state index in [1.807, 2.05) is 0 Å². The summed E-state index contributed by atoms with van der Waals surface area (Å²) in [4.78, 5) is 10.8. The zero-order chi connectivity index (χ0) is 10.4. The highest BCUT2D eigenvalue weighted by atomic mass is 16.5. The summed E-state index contributed by atoms with van der Waals surface area (Å²) in [5.41, 5.74) is 5.75. The van der Waals surface area contributed by atoms with Gasteiger partial charge in [-0.1, -0.05) is 0 Å². The summed E-state index contributed by atoms with van der Waals surface area (Å²) < 4.78 is 10.1. The lowest BCUT2D eigenvalue weighted by Crippen LogP contribution is -2.18.